The van der Waals surface area contributed by atoms with Gasteiger partial charge in [-0.05, 0) is 31.9 Å². The lowest BCUT2D eigenvalue weighted by Gasteiger charge is -2.15. The van der Waals surface area contributed by atoms with Gasteiger partial charge in [-0.25, -0.2) is 0 Å². The Kier molecular flexibility index (Phi) is 9.92. The van der Waals surface area contributed by atoms with E-state index < -0.39 is 0 Å². The van der Waals surface area contributed by atoms with E-state index in [1.54, 1.807) is 21.3 Å². The molecule has 1 heterocycles. The van der Waals surface area contributed by atoms with Crippen molar-refractivity contribution in [1.29, 1.82) is 0 Å². The van der Waals surface area contributed by atoms with Crippen molar-refractivity contribution in [2.75, 3.05) is 27.8 Å². The van der Waals surface area contributed by atoms with Gasteiger partial charge in [-0.1, -0.05) is 18.2 Å². The van der Waals surface area contributed by atoms with E-state index in [1.165, 1.54) is 5.56 Å². The van der Waals surface area contributed by atoms with Crippen LogP contribution in [0.5, 0.6) is 11.5 Å². The third-order valence-corrected chi connectivity index (χ3v) is 4.28. The van der Waals surface area contributed by atoms with Gasteiger partial charge < -0.3 is 20.1 Å². The van der Waals surface area contributed by atoms with Crippen LogP contribution in [0.1, 0.15) is 22.4 Å². The van der Waals surface area contributed by atoms with Crippen molar-refractivity contribution in [2.45, 2.75) is 26.8 Å². The van der Waals surface area contributed by atoms with Crippen molar-refractivity contribution in [3.8, 4) is 11.5 Å². The highest BCUT2D eigenvalue weighted by atomic mass is 127. The molecule has 7 heteroatoms. The van der Waals surface area contributed by atoms with Crippen molar-refractivity contribution >= 4 is 29.9 Å². The third kappa shape index (κ3) is 6.27. The maximum absolute atomic E-state index is 5.46. The fourth-order valence-corrected chi connectivity index (χ4v) is 2.86. The van der Waals surface area contributed by atoms with Gasteiger partial charge in [-0.15, -0.1) is 24.0 Å². The first-order chi connectivity index (χ1) is 12.6. The predicted molar refractivity (Wildman–Crippen MR) is 121 cm³/mol. The highest BCUT2D eigenvalue weighted by molar-refractivity contribution is 14.0. The lowest BCUT2D eigenvalue weighted by molar-refractivity contribution is 0.406. The summed E-state index contributed by atoms with van der Waals surface area (Å²) in [4.78, 5) is 8.77. The number of aromatic nitrogens is 1. The summed E-state index contributed by atoms with van der Waals surface area (Å²) >= 11 is 0. The van der Waals surface area contributed by atoms with Crippen molar-refractivity contribution in [1.82, 2.24) is 15.6 Å². The molecule has 0 bridgehead atoms. The lowest BCUT2D eigenvalue weighted by atomic mass is 10.1. The van der Waals surface area contributed by atoms with Gasteiger partial charge in [0.15, 0.2) is 5.96 Å². The number of aryl methyl sites for hydroxylation is 1. The Morgan fingerprint density at radius 2 is 1.85 bits per heavy atom. The SMILES string of the molecule is CN=C(NCCc1ccccc1OC)NCc1ncc(C)c(OC)c1C.I. The molecule has 0 aliphatic carbocycles. The minimum Gasteiger partial charge on any atom is -0.496 e. The lowest BCUT2D eigenvalue weighted by Crippen LogP contribution is -2.38. The second-order valence-electron chi connectivity index (χ2n) is 5.96. The van der Waals surface area contributed by atoms with Gasteiger partial charge in [0.25, 0.3) is 0 Å². The second-order valence-corrected chi connectivity index (χ2v) is 5.96. The number of guanidine groups is 1. The van der Waals surface area contributed by atoms with Crippen LogP contribution < -0.4 is 20.1 Å². The number of pyridine rings is 1. The molecular formula is C20H29IN4O2. The molecule has 0 radical (unpaired) electrons. The average molecular weight is 484 g/mol. The van der Waals surface area contributed by atoms with Gasteiger partial charge in [-0.3, -0.25) is 9.98 Å². The number of rotatable bonds is 7. The van der Waals surface area contributed by atoms with Crippen molar-refractivity contribution in [3.05, 3.63) is 52.8 Å². The van der Waals surface area contributed by atoms with Crippen LogP contribution in [-0.4, -0.2) is 38.8 Å². The molecule has 27 heavy (non-hydrogen) atoms. The summed E-state index contributed by atoms with van der Waals surface area (Å²) in [5.74, 6) is 2.53. The maximum atomic E-state index is 5.46. The number of hydrogen-bond donors (Lipinski definition) is 2. The van der Waals surface area contributed by atoms with E-state index in [0.717, 1.165) is 47.2 Å². The number of benzene rings is 1. The molecule has 0 aliphatic heterocycles. The number of ether oxygens (including phenoxy) is 2. The predicted octanol–water partition coefficient (Wildman–Crippen LogP) is 3.24. The average Bonchev–Trinajstić information content (AvgIpc) is 2.66. The van der Waals surface area contributed by atoms with Gasteiger partial charge in [-0.2, -0.15) is 0 Å². The summed E-state index contributed by atoms with van der Waals surface area (Å²) < 4.78 is 10.8. The molecule has 0 saturated heterocycles. The maximum Gasteiger partial charge on any atom is 0.191 e. The highest BCUT2D eigenvalue weighted by Crippen LogP contribution is 2.23. The molecule has 0 spiro atoms. The zero-order valence-corrected chi connectivity index (χ0v) is 19.0. The first kappa shape index (κ1) is 23.0. The third-order valence-electron chi connectivity index (χ3n) is 4.28. The minimum atomic E-state index is 0. The molecule has 1 aromatic heterocycles. The summed E-state index contributed by atoms with van der Waals surface area (Å²) in [6, 6.07) is 8.04. The van der Waals surface area contributed by atoms with Gasteiger partial charge >= 0.3 is 0 Å². The van der Waals surface area contributed by atoms with Crippen LogP contribution in [0.25, 0.3) is 0 Å². The van der Waals surface area contributed by atoms with Crippen LogP contribution >= 0.6 is 24.0 Å². The van der Waals surface area contributed by atoms with E-state index in [9.17, 15) is 0 Å². The molecule has 0 atom stereocenters. The first-order valence-electron chi connectivity index (χ1n) is 8.66. The number of halogens is 1. The topological polar surface area (TPSA) is 67.8 Å². The summed E-state index contributed by atoms with van der Waals surface area (Å²) in [5.41, 5.74) is 4.19. The smallest absolute Gasteiger partial charge is 0.191 e. The normalized spacial score (nSPS) is 10.8. The second kappa shape index (κ2) is 11.6. The fraction of sp³-hybridized carbons (Fsp3) is 0.400. The number of nitrogens with zero attached hydrogens (tertiary/aromatic N) is 2. The van der Waals surface area contributed by atoms with Crippen LogP contribution in [0.15, 0.2) is 35.5 Å². The Morgan fingerprint density at radius 3 is 2.52 bits per heavy atom. The Balaban J connectivity index is 0.00000364. The van der Waals surface area contributed by atoms with Crippen molar-refractivity contribution in [3.63, 3.8) is 0 Å². The summed E-state index contributed by atoms with van der Waals surface area (Å²) in [6.45, 7) is 5.35. The molecule has 148 valence electrons. The van der Waals surface area contributed by atoms with Crippen molar-refractivity contribution in [2.24, 2.45) is 4.99 Å². The van der Waals surface area contributed by atoms with Crippen LogP contribution in [0, 0.1) is 13.8 Å². The Bertz CT molecular complexity index is 766. The quantitative estimate of drug-likeness (QED) is 0.359. The molecule has 2 aromatic rings. The molecule has 0 unspecified atom stereocenters. The Morgan fingerprint density at radius 1 is 1.11 bits per heavy atom. The zero-order chi connectivity index (χ0) is 18.9. The van der Waals surface area contributed by atoms with E-state index in [4.69, 9.17) is 9.47 Å². The number of nitrogens with one attached hydrogen (secondary N) is 2. The minimum absolute atomic E-state index is 0. The highest BCUT2D eigenvalue weighted by Gasteiger charge is 2.10. The molecule has 0 saturated carbocycles. The van der Waals surface area contributed by atoms with Gasteiger partial charge in [0.05, 0.1) is 26.5 Å². The molecule has 6 nitrogen and oxygen atoms in total. The number of aliphatic imine (C=N–C) groups is 1. The van der Waals surface area contributed by atoms with Crippen LogP contribution in [0.2, 0.25) is 0 Å². The van der Waals surface area contributed by atoms with Gasteiger partial charge in [0.2, 0.25) is 0 Å². The van der Waals surface area contributed by atoms with Crippen LogP contribution in [0.4, 0.5) is 0 Å². The van der Waals surface area contributed by atoms with E-state index in [2.05, 4.69) is 26.7 Å². The zero-order valence-electron chi connectivity index (χ0n) is 16.6. The Labute approximate surface area is 178 Å². The van der Waals surface area contributed by atoms with Crippen LogP contribution in [0.3, 0.4) is 0 Å². The molecular weight excluding hydrogens is 455 g/mol. The van der Waals surface area contributed by atoms with E-state index >= 15 is 0 Å². The standard InChI is InChI=1S/C20H28N4O2.HI/c1-14-12-23-17(15(2)19(14)26-5)13-24-20(21-3)22-11-10-16-8-6-7-9-18(16)25-4;/h6-9,12H,10-11,13H2,1-5H3,(H2,21,22,24);1H. The van der Waals surface area contributed by atoms with E-state index in [0.29, 0.717) is 6.54 Å². The van der Waals surface area contributed by atoms with E-state index in [1.807, 2.05) is 38.2 Å². The fourth-order valence-electron chi connectivity index (χ4n) is 2.86. The van der Waals surface area contributed by atoms with E-state index in [-0.39, 0.29) is 24.0 Å². The molecule has 0 amide bonds. The number of hydrogen-bond acceptors (Lipinski definition) is 4. The monoisotopic (exact) mass is 484 g/mol. The molecule has 1 aromatic carbocycles. The van der Waals surface area contributed by atoms with Crippen molar-refractivity contribution < 1.29 is 9.47 Å². The summed E-state index contributed by atoms with van der Waals surface area (Å²) in [6.07, 6.45) is 2.68. The van der Waals surface area contributed by atoms with Gasteiger partial charge in [0.1, 0.15) is 11.5 Å². The largest absolute Gasteiger partial charge is 0.496 e. The number of para-hydroxylation sites is 1. The molecule has 0 fully saturated rings. The molecule has 0 aliphatic rings. The van der Waals surface area contributed by atoms with Gasteiger partial charge in [0, 0.05) is 30.9 Å². The molecule has 2 rings (SSSR count). The summed E-state index contributed by atoms with van der Waals surface area (Å²) in [5, 5.41) is 6.62. The first-order valence-corrected chi connectivity index (χ1v) is 8.66. The Hall–Kier alpha value is -2.03. The number of methoxy groups -OCH3 is 2. The van der Waals surface area contributed by atoms with Crippen LogP contribution in [-0.2, 0) is 13.0 Å². The summed E-state index contributed by atoms with van der Waals surface area (Å²) in [7, 11) is 5.14. The molecule has 2 N–H and O–H groups in total.